The van der Waals surface area contributed by atoms with E-state index in [2.05, 4.69) is 35.9 Å². The molecule has 1 saturated heterocycles. The number of nitrogens with zero attached hydrogens (tertiary/aromatic N) is 2. The average Bonchev–Trinajstić information content (AvgIpc) is 2.72. The molecule has 0 amide bonds. The van der Waals surface area contributed by atoms with Crippen LogP contribution in [-0.4, -0.2) is 37.8 Å². The summed E-state index contributed by atoms with van der Waals surface area (Å²) in [6, 6.07) is 0. The number of hydrogen-bond acceptors (Lipinski definition) is 4. The van der Waals surface area contributed by atoms with E-state index in [1.807, 2.05) is 6.92 Å². The molecule has 0 atom stereocenters. The topological polar surface area (TPSA) is 76.0 Å². The van der Waals surface area contributed by atoms with E-state index in [1.165, 1.54) is 0 Å². The fraction of sp³-hybridized carbons (Fsp3) is 0.812. The molecule has 1 aliphatic rings. The Bertz CT molecular complexity index is 643. The summed E-state index contributed by atoms with van der Waals surface area (Å²) in [5.41, 5.74) is 1.32. The van der Waals surface area contributed by atoms with Crippen molar-refractivity contribution < 1.29 is 8.42 Å². The molecule has 0 radical (unpaired) electrons. The molecule has 0 bridgehead atoms. The summed E-state index contributed by atoms with van der Waals surface area (Å²) in [6.45, 7) is 13.1. The van der Waals surface area contributed by atoms with Crippen LogP contribution in [0.5, 0.6) is 0 Å². The number of hydrogen-bond donors (Lipinski definition) is 2. The smallest absolute Gasteiger partial charge is 0.244 e. The first kappa shape index (κ1) is 18.4. The van der Waals surface area contributed by atoms with Gasteiger partial charge in [-0.05, 0) is 51.1 Å². The zero-order chi connectivity index (χ0) is 17.3. The van der Waals surface area contributed by atoms with Crippen molar-refractivity contribution in [3.8, 4) is 0 Å². The number of nitrogens with one attached hydrogen (secondary N) is 2. The molecule has 6 nitrogen and oxygen atoms in total. The highest BCUT2D eigenvalue weighted by Gasteiger charge is 2.31. The highest BCUT2D eigenvalue weighted by atomic mass is 32.2. The molecule has 0 unspecified atom stereocenters. The highest BCUT2D eigenvalue weighted by Crippen LogP contribution is 2.28. The number of piperidine rings is 1. The maximum Gasteiger partial charge on any atom is 0.244 e. The summed E-state index contributed by atoms with van der Waals surface area (Å²) in [5, 5.41) is 7.73. The van der Waals surface area contributed by atoms with E-state index in [9.17, 15) is 8.42 Å². The SMILES string of the molecule is Cc1nn(CC(C)C)c(C)c1S(=O)(=O)NCC1(C)CCNCC1. The fourth-order valence-electron chi connectivity index (χ4n) is 3.14. The Balaban J connectivity index is 2.17. The zero-order valence-electron chi connectivity index (χ0n) is 14.9. The number of aromatic nitrogens is 2. The van der Waals surface area contributed by atoms with E-state index in [0.29, 0.717) is 23.1 Å². The predicted octanol–water partition coefficient (Wildman–Crippen LogP) is 1.82. The van der Waals surface area contributed by atoms with Crippen molar-refractivity contribution in [3.05, 3.63) is 11.4 Å². The van der Waals surface area contributed by atoms with Gasteiger partial charge in [-0.15, -0.1) is 0 Å². The van der Waals surface area contributed by atoms with Gasteiger partial charge in [-0.2, -0.15) is 5.10 Å². The van der Waals surface area contributed by atoms with Crippen molar-refractivity contribution in [3.63, 3.8) is 0 Å². The molecule has 132 valence electrons. The van der Waals surface area contributed by atoms with Crippen LogP contribution in [0.25, 0.3) is 0 Å². The molecule has 7 heteroatoms. The zero-order valence-corrected chi connectivity index (χ0v) is 15.8. The van der Waals surface area contributed by atoms with Gasteiger partial charge >= 0.3 is 0 Å². The number of rotatable bonds is 6. The Labute approximate surface area is 140 Å². The lowest BCUT2D eigenvalue weighted by atomic mass is 9.81. The monoisotopic (exact) mass is 342 g/mol. The molecular weight excluding hydrogens is 312 g/mol. The molecule has 1 fully saturated rings. The lowest BCUT2D eigenvalue weighted by molar-refractivity contribution is 0.232. The summed E-state index contributed by atoms with van der Waals surface area (Å²) in [5.74, 6) is 0.421. The van der Waals surface area contributed by atoms with Crippen molar-refractivity contribution in [1.82, 2.24) is 19.8 Å². The van der Waals surface area contributed by atoms with Crippen LogP contribution in [0.4, 0.5) is 0 Å². The van der Waals surface area contributed by atoms with Crippen LogP contribution >= 0.6 is 0 Å². The van der Waals surface area contributed by atoms with Gasteiger partial charge in [0.05, 0.1) is 11.4 Å². The first-order chi connectivity index (χ1) is 10.6. The van der Waals surface area contributed by atoms with E-state index in [4.69, 9.17) is 0 Å². The van der Waals surface area contributed by atoms with Gasteiger partial charge < -0.3 is 5.32 Å². The van der Waals surface area contributed by atoms with E-state index in [-0.39, 0.29) is 5.41 Å². The summed E-state index contributed by atoms with van der Waals surface area (Å²) < 4.78 is 30.2. The molecule has 0 aromatic carbocycles. The third kappa shape index (κ3) is 4.33. The Hall–Kier alpha value is -0.920. The molecule has 1 aromatic heterocycles. The quantitative estimate of drug-likeness (QED) is 0.827. The Kier molecular flexibility index (Phi) is 5.53. The number of aryl methyl sites for hydroxylation is 1. The first-order valence-corrected chi connectivity index (χ1v) is 9.87. The van der Waals surface area contributed by atoms with Gasteiger partial charge in [0.15, 0.2) is 0 Å². The normalized spacial score (nSPS) is 18.5. The van der Waals surface area contributed by atoms with Gasteiger partial charge in [0.25, 0.3) is 0 Å². The molecule has 2 N–H and O–H groups in total. The van der Waals surface area contributed by atoms with Gasteiger partial charge in [-0.1, -0.05) is 20.8 Å². The largest absolute Gasteiger partial charge is 0.317 e. The molecule has 1 aliphatic heterocycles. The van der Waals surface area contributed by atoms with Crippen molar-refractivity contribution in [2.75, 3.05) is 19.6 Å². The molecule has 23 heavy (non-hydrogen) atoms. The van der Waals surface area contributed by atoms with Crippen LogP contribution in [0.2, 0.25) is 0 Å². The maximum atomic E-state index is 12.8. The van der Waals surface area contributed by atoms with Crippen LogP contribution in [0.3, 0.4) is 0 Å². The van der Waals surface area contributed by atoms with Crippen LogP contribution < -0.4 is 10.0 Å². The van der Waals surface area contributed by atoms with E-state index in [0.717, 1.165) is 38.2 Å². The van der Waals surface area contributed by atoms with Crippen LogP contribution in [0, 0.1) is 25.2 Å². The molecule has 1 aromatic rings. The lowest BCUT2D eigenvalue weighted by Crippen LogP contribution is -2.43. The van der Waals surface area contributed by atoms with E-state index < -0.39 is 10.0 Å². The van der Waals surface area contributed by atoms with Crippen LogP contribution in [-0.2, 0) is 16.6 Å². The van der Waals surface area contributed by atoms with Gasteiger partial charge in [0.2, 0.25) is 10.0 Å². The summed E-state index contributed by atoms with van der Waals surface area (Å²) in [4.78, 5) is 0.343. The van der Waals surface area contributed by atoms with Gasteiger partial charge in [-0.25, -0.2) is 13.1 Å². The Morgan fingerprint density at radius 3 is 2.48 bits per heavy atom. The van der Waals surface area contributed by atoms with Crippen molar-refractivity contribution in [2.45, 2.75) is 58.9 Å². The second-order valence-electron chi connectivity index (χ2n) is 7.46. The Morgan fingerprint density at radius 1 is 1.30 bits per heavy atom. The third-order valence-corrected chi connectivity index (χ3v) is 6.27. The molecule has 2 rings (SSSR count). The van der Waals surface area contributed by atoms with Crippen LogP contribution in [0.1, 0.15) is 45.0 Å². The van der Waals surface area contributed by atoms with Gasteiger partial charge in [-0.3, -0.25) is 4.68 Å². The number of sulfonamides is 1. The molecule has 2 heterocycles. The second kappa shape index (κ2) is 6.91. The van der Waals surface area contributed by atoms with Crippen molar-refractivity contribution in [1.29, 1.82) is 0 Å². The fourth-order valence-corrected chi connectivity index (χ4v) is 4.75. The maximum absolute atomic E-state index is 12.8. The van der Waals surface area contributed by atoms with Gasteiger partial charge in [0.1, 0.15) is 4.90 Å². The summed E-state index contributed by atoms with van der Waals surface area (Å²) in [7, 11) is -3.53. The predicted molar refractivity (Wildman–Crippen MR) is 91.9 cm³/mol. The van der Waals surface area contributed by atoms with Crippen molar-refractivity contribution >= 4 is 10.0 Å². The average molecular weight is 343 g/mol. The molecule has 0 spiro atoms. The summed E-state index contributed by atoms with van der Waals surface area (Å²) in [6.07, 6.45) is 1.97. The molecule has 0 aliphatic carbocycles. The van der Waals surface area contributed by atoms with E-state index >= 15 is 0 Å². The first-order valence-electron chi connectivity index (χ1n) is 8.39. The van der Waals surface area contributed by atoms with Crippen LogP contribution in [0.15, 0.2) is 4.90 Å². The second-order valence-corrected chi connectivity index (χ2v) is 9.16. The lowest BCUT2D eigenvalue weighted by Gasteiger charge is -2.34. The minimum Gasteiger partial charge on any atom is -0.317 e. The Morgan fingerprint density at radius 2 is 1.91 bits per heavy atom. The molecular formula is C16H30N4O2S. The van der Waals surface area contributed by atoms with Gasteiger partial charge in [0, 0.05) is 13.1 Å². The van der Waals surface area contributed by atoms with E-state index in [1.54, 1.807) is 11.6 Å². The molecule has 0 saturated carbocycles. The third-order valence-electron chi connectivity index (χ3n) is 4.62. The van der Waals surface area contributed by atoms with Crippen molar-refractivity contribution in [2.24, 2.45) is 11.3 Å². The summed E-state index contributed by atoms with van der Waals surface area (Å²) >= 11 is 0. The minimum atomic E-state index is -3.53. The minimum absolute atomic E-state index is 0.0219. The standard InChI is InChI=1S/C16H30N4O2S/c1-12(2)10-20-14(4)15(13(3)19-20)23(21,22)18-11-16(5)6-8-17-9-7-16/h12,17-18H,6-11H2,1-5H3. The highest BCUT2D eigenvalue weighted by molar-refractivity contribution is 7.89.